The standard InChI is InChI=1S/C17H34O5Si/c1-9-21-16(20)12(2)10-14(18)15(19)11-13(3)22-23(7,8)17(4,5)6/h10,13-15,18-19H,9,11H2,1-8H3/b12-10+/t13-,14+,15+/m1/s1. The van der Waals surface area contributed by atoms with Crippen molar-refractivity contribution in [1.29, 1.82) is 0 Å². The molecule has 0 heterocycles. The molecule has 0 fully saturated rings. The van der Waals surface area contributed by atoms with Crippen LogP contribution in [0.25, 0.3) is 0 Å². The van der Waals surface area contributed by atoms with Crippen molar-refractivity contribution >= 4 is 14.3 Å². The van der Waals surface area contributed by atoms with Crippen LogP contribution in [0.2, 0.25) is 18.1 Å². The van der Waals surface area contributed by atoms with E-state index < -0.39 is 26.5 Å². The summed E-state index contributed by atoms with van der Waals surface area (Å²) in [6.45, 7) is 16.2. The van der Waals surface area contributed by atoms with Gasteiger partial charge in [0.15, 0.2) is 8.32 Å². The van der Waals surface area contributed by atoms with Crippen molar-refractivity contribution in [3.63, 3.8) is 0 Å². The Hall–Kier alpha value is -0.693. The molecule has 0 amide bonds. The van der Waals surface area contributed by atoms with E-state index in [1.54, 1.807) is 13.8 Å². The van der Waals surface area contributed by atoms with Crippen LogP contribution in [0, 0.1) is 0 Å². The summed E-state index contributed by atoms with van der Waals surface area (Å²) < 4.78 is 11.0. The molecule has 0 rings (SSSR count). The lowest BCUT2D eigenvalue weighted by Gasteiger charge is -2.39. The van der Waals surface area contributed by atoms with E-state index in [4.69, 9.17) is 9.16 Å². The molecular weight excluding hydrogens is 312 g/mol. The number of hydrogen-bond acceptors (Lipinski definition) is 5. The fraction of sp³-hybridized carbons (Fsp3) is 0.824. The SMILES string of the molecule is CCOC(=O)/C(C)=C/[C@H](O)[C@@H](O)C[C@@H](C)O[Si](C)(C)C(C)(C)C. The Kier molecular flexibility index (Phi) is 8.69. The minimum Gasteiger partial charge on any atom is -0.463 e. The van der Waals surface area contributed by atoms with Gasteiger partial charge in [0.05, 0.1) is 18.8 Å². The van der Waals surface area contributed by atoms with E-state index in [-0.39, 0.29) is 23.3 Å². The molecule has 6 heteroatoms. The lowest BCUT2D eigenvalue weighted by Crippen LogP contribution is -2.44. The van der Waals surface area contributed by atoms with Gasteiger partial charge in [-0.25, -0.2) is 4.79 Å². The summed E-state index contributed by atoms with van der Waals surface area (Å²) in [6.07, 6.45) is -0.636. The summed E-state index contributed by atoms with van der Waals surface area (Å²) in [7, 11) is -1.91. The molecule has 0 spiro atoms. The van der Waals surface area contributed by atoms with Gasteiger partial charge < -0.3 is 19.4 Å². The quantitative estimate of drug-likeness (QED) is 0.401. The number of aliphatic hydroxyl groups is 2. The van der Waals surface area contributed by atoms with E-state index in [0.29, 0.717) is 6.42 Å². The number of aliphatic hydroxyl groups excluding tert-OH is 2. The number of esters is 1. The van der Waals surface area contributed by atoms with Gasteiger partial charge in [-0.2, -0.15) is 0 Å². The fourth-order valence-electron chi connectivity index (χ4n) is 1.89. The Labute approximate surface area is 141 Å². The molecule has 0 aromatic heterocycles. The third-order valence-corrected chi connectivity index (χ3v) is 8.89. The van der Waals surface area contributed by atoms with Gasteiger partial charge in [-0.05, 0) is 45.0 Å². The van der Waals surface area contributed by atoms with Crippen molar-refractivity contribution in [2.24, 2.45) is 0 Å². The van der Waals surface area contributed by atoms with Crippen molar-refractivity contribution in [1.82, 2.24) is 0 Å². The average Bonchev–Trinajstić information content (AvgIpc) is 2.36. The van der Waals surface area contributed by atoms with E-state index in [9.17, 15) is 15.0 Å². The van der Waals surface area contributed by atoms with Crippen LogP contribution in [0.4, 0.5) is 0 Å². The summed E-state index contributed by atoms with van der Waals surface area (Å²) in [4.78, 5) is 11.5. The van der Waals surface area contributed by atoms with Crippen molar-refractivity contribution in [3.05, 3.63) is 11.6 Å². The van der Waals surface area contributed by atoms with Gasteiger partial charge in [-0.3, -0.25) is 0 Å². The second kappa shape index (κ2) is 8.96. The highest BCUT2D eigenvalue weighted by Crippen LogP contribution is 2.37. The first-order chi connectivity index (χ1) is 10.3. The zero-order valence-electron chi connectivity index (χ0n) is 15.8. The van der Waals surface area contributed by atoms with Gasteiger partial charge in [0, 0.05) is 18.1 Å². The molecular formula is C17H34O5Si. The lowest BCUT2D eigenvalue weighted by molar-refractivity contribution is -0.138. The topological polar surface area (TPSA) is 76.0 Å². The highest BCUT2D eigenvalue weighted by atomic mass is 28.4. The average molecular weight is 347 g/mol. The molecule has 0 aliphatic rings. The first-order valence-corrected chi connectivity index (χ1v) is 11.1. The van der Waals surface area contributed by atoms with Gasteiger partial charge >= 0.3 is 5.97 Å². The van der Waals surface area contributed by atoms with Crippen LogP contribution in [0.5, 0.6) is 0 Å². The summed E-state index contributed by atoms with van der Waals surface area (Å²) in [5.41, 5.74) is 0.288. The van der Waals surface area contributed by atoms with E-state index in [0.717, 1.165) is 0 Å². The van der Waals surface area contributed by atoms with Gasteiger partial charge in [-0.1, -0.05) is 20.8 Å². The van der Waals surface area contributed by atoms with E-state index >= 15 is 0 Å². The highest BCUT2D eigenvalue weighted by molar-refractivity contribution is 6.74. The first kappa shape index (κ1) is 22.3. The van der Waals surface area contributed by atoms with Gasteiger partial charge in [0.25, 0.3) is 0 Å². The Bertz CT molecular complexity index is 412. The van der Waals surface area contributed by atoms with Crippen molar-refractivity contribution in [3.8, 4) is 0 Å². The highest BCUT2D eigenvalue weighted by Gasteiger charge is 2.38. The number of ether oxygens (including phenoxy) is 1. The molecule has 0 aromatic rings. The molecule has 0 unspecified atom stereocenters. The van der Waals surface area contributed by atoms with Crippen LogP contribution in [0.1, 0.15) is 48.0 Å². The monoisotopic (exact) mass is 346 g/mol. The molecule has 5 nitrogen and oxygen atoms in total. The Morgan fingerprint density at radius 2 is 1.78 bits per heavy atom. The van der Waals surface area contributed by atoms with Crippen LogP contribution in [-0.2, 0) is 14.0 Å². The minimum absolute atomic E-state index is 0.0885. The smallest absolute Gasteiger partial charge is 0.333 e. The Balaban J connectivity index is 4.66. The van der Waals surface area contributed by atoms with Gasteiger partial charge in [0.2, 0.25) is 0 Å². The molecule has 0 saturated heterocycles. The van der Waals surface area contributed by atoms with Crippen molar-refractivity contribution in [2.75, 3.05) is 6.61 Å². The number of hydrogen-bond donors (Lipinski definition) is 2. The van der Waals surface area contributed by atoms with Crippen LogP contribution in [0.15, 0.2) is 11.6 Å². The zero-order chi connectivity index (χ0) is 18.4. The lowest BCUT2D eigenvalue weighted by atomic mass is 10.1. The van der Waals surface area contributed by atoms with Crippen molar-refractivity contribution in [2.45, 2.75) is 84.4 Å². The van der Waals surface area contributed by atoms with Crippen LogP contribution < -0.4 is 0 Å². The predicted octanol–water partition coefficient (Wildman–Crippen LogP) is 3.02. The summed E-state index contributed by atoms with van der Waals surface area (Å²) in [5.74, 6) is -0.482. The maximum Gasteiger partial charge on any atom is 0.333 e. The first-order valence-electron chi connectivity index (χ1n) is 8.21. The summed E-state index contributed by atoms with van der Waals surface area (Å²) in [5, 5.41) is 20.3. The minimum atomic E-state index is -1.91. The molecule has 0 aromatic carbocycles. The summed E-state index contributed by atoms with van der Waals surface area (Å²) in [6, 6.07) is 0. The van der Waals surface area contributed by atoms with Crippen LogP contribution in [-0.4, -0.2) is 49.4 Å². The molecule has 0 aliphatic carbocycles. The third kappa shape index (κ3) is 7.61. The Morgan fingerprint density at radius 1 is 1.26 bits per heavy atom. The predicted molar refractivity (Wildman–Crippen MR) is 94.8 cm³/mol. The van der Waals surface area contributed by atoms with Crippen LogP contribution >= 0.6 is 0 Å². The second-order valence-corrected chi connectivity index (χ2v) is 12.3. The van der Waals surface area contributed by atoms with E-state index in [2.05, 4.69) is 33.9 Å². The number of rotatable bonds is 8. The second-order valence-electron chi connectivity index (χ2n) is 7.55. The fourth-order valence-corrected chi connectivity index (χ4v) is 3.34. The maximum absolute atomic E-state index is 11.5. The molecule has 136 valence electrons. The molecule has 0 bridgehead atoms. The molecule has 0 saturated carbocycles. The van der Waals surface area contributed by atoms with Gasteiger partial charge in [0.1, 0.15) is 0 Å². The molecule has 3 atom stereocenters. The van der Waals surface area contributed by atoms with E-state index in [1.807, 2.05) is 6.92 Å². The zero-order valence-corrected chi connectivity index (χ0v) is 16.8. The number of carbonyl (C=O) groups is 1. The van der Waals surface area contributed by atoms with E-state index in [1.165, 1.54) is 6.08 Å². The van der Waals surface area contributed by atoms with Gasteiger partial charge in [-0.15, -0.1) is 0 Å². The molecule has 23 heavy (non-hydrogen) atoms. The maximum atomic E-state index is 11.5. The normalized spacial score (nSPS) is 17.6. The van der Waals surface area contributed by atoms with Crippen LogP contribution in [0.3, 0.4) is 0 Å². The summed E-state index contributed by atoms with van der Waals surface area (Å²) >= 11 is 0. The molecule has 2 N–H and O–H groups in total. The molecule has 0 radical (unpaired) electrons. The number of carbonyl (C=O) groups excluding carboxylic acids is 1. The molecule has 0 aliphatic heterocycles. The van der Waals surface area contributed by atoms with Crippen molar-refractivity contribution < 1.29 is 24.2 Å². The third-order valence-electron chi connectivity index (χ3n) is 4.29. The largest absolute Gasteiger partial charge is 0.463 e. The Morgan fingerprint density at radius 3 is 2.22 bits per heavy atom.